The summed E-state index contributed by atoms with van der Waals surface area (Å²) in [7, 11) is 1.26. The van der Waals surface area contributed by atoms with Gasteiger partial charge in [0, 0.05) is 18.5 Å². The van der Waals surface area contributed by atoms with E-state index in [4.69, 9.17) is 32.8 Å². The minimum atomic E-state index is -1.23. The van der Waals surface area contributed by atoms with E-state index in [0.29, 0.717) is 18.5 Å². The molecule has 2 amide bonds. The van der Waals surface area contributed by atoms with Gasteiger partial charge in [-0.05, 0) is 55.2 Å². The lowest BCUT2D eigenvalue weighted by Gasteiger charge is -2.24. The quantitative estimate of drug-likeness (QED) is 0.302. The van der Waals surface area contributed by atoms with Crippen LogP contribution in [0.1, 0.15) is 41.3 Å². The van der Waals surface area contributed by atoms with Crippen molar-refractivity contribution < 1.29 is 24.0 Å². The maximum atomic E-state index is 13.2. The van der Waals surface area contributed by atoms with Gasteiger partial charge in [-0.25, -0.2) is 4.79 Å². The Bertz CT molecular complexity index is 1390. The maximum Gasteiger partial charge on any atom is 0.328 e. The summed E-state index contributed by atoms with van der Waals surface area (Å²) < 4.78 is 4.93. The van der Waals surface area contributed by atoms with Crippen LogP contribution in [0.3, 0.4) is 0 Å². The zero-order chi connectivity index (χ0) is 28.7. The molecule has 40 heavy (non-hydrogen) atoms. The number of carbonyl (C=O) groups excluding carboxylic acids is 3. The number of amides is 2. The predicted molar refractivity (Wildman–Crippen MR) is 155 cm³/mol. The summed E-state index contributed by atoms with van der Waals surface area (Å²) in [6.45, 7) is 1.65. The van der Waals surface area contributed by atoms with Crippen LogP contribution in [0.2, 0.25) is 10.0 Å². The largest absolute Gasteiger partial charge is 0.467 e. The Labute approximate surface area is 242 Å². The SMILES string of the molecule is COC(=O)[C@H](Cc1ccc(NC(=O)c2c(Cl)cccc2Cl)cc1)NC(=O)C1(C)CC(CCc2ccccc2)=NO1. The third-order valence-corrected chi connectivity index (χ3v) is 7.21. The molecular formula is C30H29Cl2N3O5. The Balaban J connectivity index is 1.35. The number of anilines is 1. The molecule has 0 bridgehead atoms. The molecule has 4 rings (SSSR count). The molecule has 0 saturated carbocycles. The zero-order valence-electron chi connectivity index (χ0n) is 22.1. The minimum absolute atomic E-state index is 0.167. The first kappa shape index (κ1) is 29.1. The van der Waals surface area contributed by atoms with E-state index in [1.54, 1.807) is 49.4 Å². The first-order chi connectivity index (χ1) is 19.2. The molecular weight excluding hydrogens is 553 g/mol. The highest BCUT2D eigenvalue weighted by Crippen LogP contribution is 2.27. The van der Waals surface area contributed by atoms with E-state index in [0.717, 1.165) is 17.7 Å². The molecule has 3 aromatic rings. The molecule has 8 nitrogen and oxygen atoms in total. The summed E-state index contributed by atoms with van der Waals surface area (Å²) in [5.74, 6) is -1.49. The lowest BCUT2D eigenvalue weighted by molar-refractivity contribution is -0.150. The molecule has 1 aliphatic rings. The van der Waals surface area contributed by atoms with Crippen LogP contribution in [0.15, 0.2) is 78.0 Å². The number of halogens is 2. The van der Waals surface area contributed by atoms with Crippen molar-refractivity contribution >= 4 is 52.4 Å². The molecule has 2 atom stereocenters. The van der Waals surface area contributed by atoms with E-state index >= 15 is 0 Å². The highest BCUT2D eigenvalue weighted by molar-refractivity contribution is 6.40. The topological polar surface area (TPSA) is 106 Å². The highest BCUT2D eigenvalue weighted by Gasteiger charge is 2.43. The molecule has 0 aliphatic carbocycles. The fourth-order valence-corrected chi connectivity index (χ4v) is 4.89. The van der Waals surface area contributed by atoms with Crippen molar-refractivity contribution in [2.45, 2.75) is 44.2 Å². The van der Waals surface area contributed by atoms with Crippen molar-refractivity contribution in [2.75, 3.05) is 12.4 Å². The van der Waals surface area contributed by atoms with Gasteiger partial charge in [-0.2, -0.15) is 0 Å². The summed E-state index contributed by atoms with van der Waals surface area (Å²) in [5.41, 5.74) is 2.15. The number of nitrogens with one attached hydrogen (secondary N) is 2. The molecule has 3 aromatic carbocycles. The van der Waals surface area contributed by atoms with Crippen LogP contribution in [-0.4, -0.2) is 42.2 Å². The van der Waals surface area contributed by atoms with Gasteiger partial charge in [0.15, 0.2) is 0 Å². The first-order valence-corrected chi connectivity index (χ1v) is 13.4. The Kier molecular flexibility index (Phi) is 9.45. The van der Waals surface area contributed by atoms with Crippen molar-refractivity contribution in [3.8, 4) is 0 Å². The van der Waals surface area contributed by atoms with Crippen LogP contribution in [0.4, 0.5) is 5.69 Å². The van der Waals surface area contributed by atoms with Gasteiger partial charge in [0.2, 0.25) is 5.60 Å². The van der Waals surface area contributed by atoms with Gasteiger partial charge in [0.25, 0.3) is 11.8 Å². The first-order valence-electron chi connectivity index (χ1n) is 12.7. The molecule has 0 saturated heterocycles. The molecule has 0 fully saturated rings. The summed E-state index contributed by atoms with van der Waals surface area (Å²) in [5, 5.41) is 10.1. The number of ether oxygens (including phenoxy) is 1. The Hall–Kier alpha value is -3.88. The third-order valence-electron chi connectivity index (χ3n) is 6.58. The molecule has 208 valence electrons. The van der Waals surface area contributed by atoms with E-state index in [-0.39, 0.29) is 22.0 Å². The van der Waals surface area contributed by atoms with Crippen LogP contribution in [-0.2, 0) is 32.0 Å². The number of hydrogen-bond donors (Lipinski definition) is 2. The summed E-state index contributed by atoms with van der Waals surface area (Å²) >= 11 is 12.2. The normalized spacial score (nSPS) is 16.9. The summed E-state index contributed by atoms with van der Waals surface area (Å²) in [6.07, 6.45) is 1.94. The smallest absolute Gasteiger partial charge is 0.328 e. The molecule has 0 aromatic heterocycles. The van der Waals surface area contributed by atoms with Gasteiger partial charge in [-0.1, -0.05) is 76.9 Å². The van der Waals surface area contributed by atoms with E-state index in [2.05, 4.69) is 15.8 Å². The van der Waals surface area contributed by atoms with E-state index in [9.17, 15) is 14.4 Å². The second-order valence-corrected chi connectivity index (χ2v) is 10.5. The van der Waals surface area contributed by atoms with E-state index in [1.807, 2.05) is 30.3 Å². The molecule has 1 unspecified atom stereocenters. The van der Waals surface area contributed by atoms with Gasteiger partial charge in [-0.3, -0.25) is 9.59 Å². The van der Waals surface area contributed by atoms with Crippen molar-refractivity contribution in [1.82, 2.24) is 5.32 Å². The Morgan fingerprint density at radius 3 is 2.27 bits per heavy atom. The molecule has 0 spiro atoms. The van der Waals surface area contributed by atoms with Gasteiger partial charge in [-0.15, -0.1) is 0 Å². The number of nitrogens with zero attached hydrogens (tertiary/aromatic N) is 1. The molecule has 2 N–H and O–H groups in total. The lowest BCUT2D eigenvalue weighted by Crippen LogP contribution is -2.52. The van der Waals surface area contributed by atoms with E-state index < -0.39 is 29.4 Å². The molecule has 0 radical (unpaired) electrons. The van der Waals surface area contributed by atoms with Crippen LogP contribution >= 0.6 is 23.2 Å². The lowest BCUT2D eigenvalue weighted by atomic mass is 9.94. The van der Waals surface area contributed by atoms with Crippen molar-refractivity contribution in [2.24, 2.45) is 5.16 Å². The van der Waals surface area contributed by atoms with Crippen LogP contribution in [0, 0.1) is 0 Å². The standard InChI is InChI=1S/C30H29Cl2N3O5/c1-30(18-22(35-40-30)16-11-19-7-4-3-5-8-19)29(38)34-25(28(37)39-2)17-20-12-14-21(15-13-20)33-27(36)26-23(31)9-6-10-24(26)32/h3-10,12-15,25H,11,16-18H2,1-2H3,(H,33,36)(H,34,38)/t25-,30?/m0/s1. The summed E-state index contributed by atoms with van der Waals surface area (Å²) in [6, 6.07) is 20.7. The zero-order valence-corrected chi connectivity index (χ0v) is 23.6. The highest BCUT2D eigenvalue weighted by atomic mass is 35.5. The van der Waals surface area contributed by atoms with E-state index in [1.165, 1.54) is 12.7 Å². The number of methoxy groups -OCH3 is 1. The van der Waals surface area contributed by atoms with Crippen LogP contribution < -0.4 is 10.6 Å². The maximum absolute atomic E-state index is 13.2. The van der Waals surface area contributed by atoms with Crippen molar-refractivity contribution in [3.05, 3.63) is 99.5 Å². The van der Waals surface area contributed by atoms with Crippen molar-refractivity contribution in [1.29, 1.82) is 0 Å². The fourth-order valence-electron chi connectivity index (χ4n) is 4.32. The van der Waals surface area contributed by atoms with Gasteiger partial charge in [0.1, 0.15) is 6.04 Å². The minimum Gasteiger partial charge on any atom is -0.467 e. The number of esters is 1. The number of rotatable bonds is 10. The van der Waals surface area contributed by atoms with Gasteiger partial charge in [0.05, 0.1) is 28.4 Å². The van der Waals surface area contributed by atoms with Gasteiger partial charge >= 0.3 is 5.97 Å². The van der Waals surface area contributed by atoms with Crippen LogP contribution in [0.5, 0.6) is 0 Å². The third kappa shape index (κ3) is 7.20. The predicted octanol–water partition coefficient (Wildman–Crippen LogP) is 5.61. The molecule has 1 aliphatic heterocycles. The molecule has 10 heteroatoms. The Morgan fingerprint density at radius 2 is 1.62 bits per heavy atom. The second kappa shape index (κ2) is 13.0. The fraction of sp³-hybridized carbons (Fsp3) is 0.267. The average Bonchev–Trinajstić information content (AvgIpc) is 3.34. The van der Waals surface area contributed by atoms with Crippen LogP contribution in [0.25, 0.3) is 0 Å². The summed E-state index contributed by atoms with van der Waals surface area (Å²) in [4.78, 5) is 43.9. The molecule has 1 heterocycles. The number of aryl methyl sites for hydroxylation is 1. The van der Waals surface area contributed by atoms with Gasteiger partial charge < -0.3 is 20.2 Å². The average molecular weight is 582 g/mol. The monoisotopic (exact) mass is 581 g/mol. The van der Waals surface area contributed by atoms with Crippen molar-refractivity contribution in [3.63, 3.8) is 0 Å². The number of carbonyl (C=O) groups is 3. The number of hydrogen-bond acceptors (Lipinski definition) is 6. The Morgan fingerprint density at radius 1 is 0.950 bits per heavy atom. The number of benzene rings is 3. The second-order valence-electron chi connectivity index (χ2n) is 9.64. The number of oxime groups is 1.